The highest BCUT2D eigenvalue weighted by Crippen LogP contribution is 2.25. The second kappa shape index (κ2) is 12.4. The summed E-state index contributed by atoms with van der Waals surface area (Å²) in [5, 5.41) is 3.39. The van der Waals surface area contributed by atoms with Crippen molar-refractivity contribution in [3.63, 3.8) is 0 Å². The van der Waals surface area contributed by atoms with Crippen LogP contribution in [0.2, 0.25) is 10.0 Å². The van der Waals surface area contributed by atoms with Gasteiger partial charge in [0, 0.05) is 13.1 Å². The number of benzene rings is 2. The first-order valence-electron chi connectivity index (χ1n) is 10.7. The Bertz CT molecular complexity index is 1130. The van der Waals surface area contributed by atoms with Gasteiger partial charge in [0.05, 0.1) is 22.0 Å². The molecule has 0 aliphatic rings. The first-order chi connectivity index (χ1) is 16.0. The fourth-order valence-electron chi connectivity index (χ4n) is 3.37. The molecule has 11 heteroatoms. The number of hydrogen-bond donors (Lipinski definition) is 1. The van der Waals surface area contributed by atoms with Crippen molar-refractivity contribution < 1.29 is 22.4 Å². The Labute approximate surface area is 209 Å². The van der Waals surface area contributed by atoms with E-state index >= 15 is 0 Å². The SMILES string of the molecule is CCCNC(=O)[C@@H](CC)N(Cc1ccc(Cl)c(Cl)c1)C(=O)CN(c1ccccc1F)S(C)(=O)=O. The van der Waals surface area contributed by atoms with E-state index in [9.17, 15) is 22.4 Å². The van der Waals surface area contributed by atoms with Gasteiger partial charge in [-0.1, -0.05) is 55.2 Å². The molecule has 0 spiro atoms. The summed E-state index contributed by atoms with van der Waals surface area (Å²) in [5.74, 6) is -1.82. The summed E-state index contributed by atoms with van der Waals surface area (Å²) in [5.41, 5.74) is 0.345. The smallest absolute Gasteiger partial charge is 0.244 e. The fourth-order valence-corrected chi connectivity index (χ4v) is 4.54. The lowest BCUT2D eigenvalue weighted by Gasteiger charge is -2.33. The van der Waals surface area contributed by atoms with Crippen LogP contribution >= 0.6 is 23.2 Å². The number of carbonyl (C=O) groups is 2. The number of para-hydroxylation sites is 1. The number of carbonyl (C=O) groups excluding carboxylic acids is 2. The topological polar surface area (TPSA) is 86.8 Å². The molecule has 0 unspecified atom stereocenters. The Hall–Kier alpha value is -2.36. The Kier molecular flexibility index (Phi) is 10.1. The van der Waals surface area contributed by atoms with Crippen LogP contribution in [0.3, 0.4) is 0 Å². The maximum absolute atomic E-state index is 14.4. The molecule has 34 heavy (non-hydrogen) atoms. The van der Waals surface area contributed by atoms with Gasteiger partial charge in [0.25, 0.3) is 0 Å². The minimum atomic E-state index is -4.01. The van der Waals surface area contributed by atoms with E-state index in [0.29, 0.717) is 27.9 Å². The fraction of sp³-hybridized carbons (Fsp3) is 0.391. The van der Waals surface area contributed by atoms with Crippen LogP contribution in [0, 0.1) is 5.82 Å². The van der Waals surface area contributed by atoms with Crippen LogP contribution in [0.25, 0.3) is 0 Å². The summed E-state index contributed by atoms with van der Waals surface area (Å²) in [7, 11) is -4.01. The van der Waals surface area contributed by atoms with Gasteiger partial charge in [-0.25, -0.2) is 12.8 Å². The van der Waals surface area contributed by atoms with Crippen molar-refractivity contribution in [1.82, 2.24) is 10.2 Å². The second-order valence-corrected chi connectivity index (χ2v) is 10.4. The number of rotatable bonds is 11. The van der Waals surface area contributed by atoms with Crippen LogP contribution in [0.1, 0.15) is 32.3 Å². The Morgan fingerprint density at radius 1 is 1.09 bits per heavy atom. The van der Waals surface area contributed by atoms with E-state index in [-0.39, 0.29) is 29.6 Å². The van der Waals surface area contributed by atoms with E-state index in [2.05, 4.69) is 5.32 Å². The molecule has 0 aliphatic heterocycles. The highest BCUT2D eigenvalue weighted by Gasteiger charge is 2.32. The molecule has 0 fully saturated rings. The van der Waals surface area contributed by atoms with Crippen LogP contribution < -0.4 is 9.62 Å². The lowest BCUT2D eigenvalue weighted by molar-refractivity contribution is -0.140. The summed E-state index contributed by atoms with van der Waals surface area (Å²) >= 11 is 12.1. The zero-order valence-electron chi connectivity index (χ0n) is 19.2. The highest BCUT2D eigenvalue weighted by molar-refractivity contribution is 7.92. The van der Waals surface area contributed by atoms with Crippen molar-refractivity contribution in [2.24, 2.45) is 0 Å². The van der Waals surface area contributed by atoms with Gasteiger partial charge in [0.2, 0.25) is 21.8 Å². The summed E-state index contributed by atoms with van der Waals surface area (Å²) in [6, 6.07) is 9.21. The van der Waals surface area contributed by atoms with E-state index in [1.165, 1.54) is 23.1 Å². The Balaban J connectivity index is 2.46. The zero-order chi connectivity index (χ0) is 25.5. The normalized spacial score (nSPS) is 12.2. The molecule has 7 nitrogen and oxygen atoms in total. The molecular weight excluding hydrogens is 504 g/mol. The van der Waals surface area contributed by atoms with Crippen LogP contribution in [0.15, 0.2) is 42.5 Å². The number of nitrogens with one attached hydrogen (secondary N) is 1. The molecule has 0 saturated heterocycles. The van der Waals surface area contributed by atoms with Crippen LogP contribution in [0.4, 0.5) is 10.1 Å². The molecule has 1 N–H and O–H groups in total. The summed E-state index contributed by atoms with van der Waals surface area (Å²) in [4.78, 5) is 27.6. The second-order valence-electron chi connectivity index (χ2n) is 7.71. The first kappa shape index (κ1) is 27.9. The predicted octanol–water partition coefficient (Wildman–Crippen LogP) is 4.23. The van der Waals surface area contributed by atoms with Gasteiger partial charge >= 0.3 is 0 Å². The largest absolute Gasteiger partial charge is 0.354 e. The molecule has 0 aromatic heterocycles. The molecule has 1 atom stereocenters. The zero-order valence-corrected chi connectivity index (χ0v) is 21.6. The molecule has 2 rings (SSSR count). The maximum Gasteiger partial charge on any atom is 0.244 e. The van der Waals surface area contributed by atoms with Gasteiger partial charge in [-0.15, -0.1) is 0 Å². The quantitative estimate of drug-likeness (QED) is 0.469. The third-order valence-corrected chi connectivity index (χ3v) is 6.94. The molecule has 2 amide bonds. The monoisotopic (exact) mass is 531 g/mol. The Morgan fingerprint density at radius 3 is 2.32 bits per heavy atom. The van der Waals surface area contributed by atoms with Crippen LogP contribution in [-0.4, -0.2) is 50.5 Å². The van der Waals surface area contributed by atoms with E-state index < -0.39 is 34.3 Å². The molecule has 0 aliphatic carbocycles. The lowest BCUT2D eigenvalue weighted by atomic mass is 10.1. The minimum absolute atomic E-state index is 0.0252. The van der Waals surface area contributed by atoms with Crippen molar-refractivity contribution in [2.75, 3.05) is 23.7 Å². The van der Waals surface area contributed by atoms with Gasteiger partial charge in [-0.3, -0.25) is 13.9 Å². The highest BCUT2D eigenvalue weighted by atomic mass is 35.5. The summed E-state index contributed by atoms with van der Waals surface area (Å²) < 4.78 is 40.1. The van der Waals surface area contributed by atoms with Gasteiger partial charge in [0.1, 0.15) is 18.4 Å². The van der Waals surface area contributed by atoms with Crippen molar-refractivity contribution >= 4 is 50.7 Å². The average Bonchev–Trinajstić information content (AvgIpc) is 2.78. The van der Waals surface area contributed by atoms with Crippen LogP contribution in [-0.2, 0) is 26.2 Å². The lowest BCUT2D eigenvalue weighted by Crippen LogP contribution is -2.52. The third kappa shape index (κ3) is 7.32. The van der Waals surface area contributed by atoms with Gasteiger partial charge < -0.3 is 10.2 Å². The summed E-state index contributed by atoms with van der Waals surface area (Å²) in [6.07, 6.45) is 1.88. The van der Waals surface area contributed by atoms with Crippen LogP contribution in [0.5, 0.6) is 0 Å². The van der Waals surface area contributed by atoms with E-state index in [1.807, 2.05) is 6.92 Å². The molecular formula is C23H28Cl2FN3O4S. The average molecular weight is 532 g/mol. The number of hydrogen-bond acceptors (Lipinski definition) is 4. The first-order valence-corrected chi connectivity index (χ1v) is 13.3. The number of sulfonamides is 1. The molecule has 186 valence electrons. The van der Waals surface area contributed by atoms with E-state index in [4.69, 9.17) is 23.2 Å². The maximum atomic E-state index is 14.4. The van der Waals surface area contributed by atoms with E-state index in [0.717, 1.165) is 12.3 Å². The molecule has 0 heterocycles. The molecule has 0 saturated carbocycles. The molecule has 2 aromatic rings. The molecule has 0 radical (unpaired) electrons. The third-order valence-electron chi connectivity index (χ3n) is 5.07. The number of amides is 2. The predicted molar refractivity (Wildman–Crippen MR) is 133 cm³/mol. The Morgan fingerprint density at radius 2 is 1.76 bits per heavy atom. The molecule has 2 aromatic carbocycles. The van der Waals surface area contributed by atoms with Crippen molar-refractivity contribution in [3.05, 3.63) is 63.9 Å². The standard InChI is InChI=1S/C23H28Cl2FN3O4S/c1-4-12-27-23(31)20(5-2)28(14-16-10-11-17(24)18(25)13-16)22(30)15-29(34(3,32)33)21-9-7-6-8-19(21)26/h6-11,13,20H,4-5,12,14-15H2,1-3H3,(H,27,31)/t20-/m1/s1. The minimum Gasteiger partial charge on any atom is -0.354 e. The molecule has 0 bridgehead atoms. The van der Waals surface area contributed by atoms with Gasteiger partial charge in [0.15, 0.2) is 0 Å². The summed E-state index contributed by atoms with van der Waals surface area (Å²) in [6.45, 7) is 3.37. The van der Waals surface area contributed by atoms with Gasteiger partial charge in [-0.2, -0.15) is 0 Å². The van der Waals surface area contributed by atoms with Crippen molar-refractivity contribution in [2.45, 2.75) is 39.3 Å². The number of nitrogens with zero attached hydrogens (tertiary/aromatic N) is 2. The van der Waals surface area contributed by atoms with Gasteiger partial charge in [-0.05, 0) is 42.7 Å². The number of anilines is 1. The van der Waals surface area contributed by atoms with Crippen molar-refractivity contribution in [1.29, 1.82) is 0 Å². The van der Waals surface area contributed by atoms with E-state index in [1.54, 1.807) is 25.1 Å². The van der Waals surface area contributed by atoms with Crippen molar-refractivity contribution in [3.8, 4) is 0 Å². The number of halogens is 3.